The lowest BCUT2D eigenvalue weighted by Crippen LogP contribution is -2.11. The first-order valence-electron chi connectivity index (χ1n) is 5.22. The van der Waals surface area contributed by atoms with E-state index < -0.39 is 4.92 Å². The van der Waals surface area contributed by atoms with Gasteiger partial charge in [0.05, 0.1) is 17.6 Å². The summed E-state index contributed by atoms with van der Waals surface area (Å²) in [6.45, 7) is 6.20. The van der Waals surface area contributed by atoms with Crippen molar-refractivity contribution in [1.82, 2.24) is 0 Å². The maximum absolute atomic E-state index is 10.9. The summed E-state index contributed by atoms with van der Waals surface area (Å²) in [4.78, 5) is 10.5. The van der Waals surface area contributed by atoms with Gasteiger partial charge in [-0.15, -0.1) is 0 Å². The van der Waals surface area contributed by atoms with Gasteiger partial charge in [-0.2, -0.15) is 0 Å². The van der Waals surface area contributed by atoms with Crippen molar-refractivity contribution in [2.24, 2.45) is 0 Å². The molecule has 0 fully saturated rings. The first-order valence-corrected chi connectivity index (χ1v) is 5.22. The molecule has 0 atom stereocenters. The topological polar surface area (TPSA) is 64.4 Å². The van der Waals surface area contributed by atoms with E-state index in [-0.39, 0.29) is 11.7 Å². The number of nitrogens with zero attached hydrogens (tertiary/aromatic N) is 1. The van der Waals surface area contributed by atoms with E-state index in [1.54, 1.807) is 12.1 Å². The molecule has 1 aromatic rings. The molecule has 0 aliphatic heterocycles. The first kappa shape index (κ1) is 12.3. The van der Waals surface area contributed by atoms with Gasteiger partial charge in [-0.1, -0.05) is 0 Å². The Morgan fingerprint density at radius 3 is 2.69 bits per heavy atom. The predicted octanol–water partition coefficient (Wildman–Crippen LogP) is 2.81. The van der Waals surface area contributed by atoms with Gasteiger partial charge in [0.2, 0.25) is 0 Å². The van der Waals surface area contributed by atoms with Crippen molar-refractivity contribution in [2.75, 3.05) is 11.9 Å². The number of nitro groups is 1. The van der Waals surface area contributed by atoms with Crippen LogP contribution < -0.4 is 10.1 Å². The van der Waals surface area contributed by atoms with E-state index in [4.69, 9.17) is 4.74 Å². The van der Waals surface area contributed by atoms with Crippen molar-refractivity contribution in [1.29, 1.82) is 0 Å². The van der Waals surface area contributed by atoms with Crippen LogP contribution in [-0.2, 0) is 0 Å². The monoisotopic (exact) mass is 224 g/mol. The van der Waals surface area contributed by atoms with Crippen LogP contribution in [0.2, 0.25) is 0 Å². The third kappa shape index (κ3) is 3.12. The molecule has 1 rings (SSSR count). The highest BCUT2D eigenvalue weighted by Crippen LogP contribution is 2.29. The predicted molar refractivity (Wildman–Crippen MR) is 63.0 cm³/mol. The molecule has 5 heteroatoms. The molecule has 0 heterocycles. The molecule has 5 nitrogen and oxygen atoms in total. The van der Waals surface area contributed by atoms with Crippen LogP contribution in [0.1, 0.15) is 20.8 Å². The zero-order valence-electron chi connectivity index (χ0n) is 9.69. The van der Waals surface area contributed by atoms with E-state index in [9.17, 15) is 10.1 Å². The average molecular weight is 224 g/mol. The van der Waals surface area contributed by atoms with Gasteiger partial charge in [0, 0.05) is 6.04 Å². The summed E-state index contributed by atoms with van der Waals surface area (Å²) >= 11 is 0. The van der Waals surface area contributed by atoms with Gasteiger partial charge in [0.15, 0.2) is 0 Å². The lowest BCUT2D eigenvalue weighted by Gasteiger charge is -2.11. The number of nitrogens with one attached hydrogen (secondary N) is 1. The second-order valence-corrected chi connectivity index (χ2v) is 3.67. The number of anilines is 1. The molecule has 0 spiro atoms. The summed E-state index contributed by atoms with van der Waals surface area (Å²) in [5, 5.41) is 13.9. The van der Waals surface area contributed by atoms with Crippen LogP contribution in [0, 0.1) is 10.1 Å². The minimum atomic E-state index is -0.409. The largest absolute Gasteiger partial charge is 0.494 e. The maximum Gasteiger partial charge on any atom is 0.296 e. The number of ether oxygens (including phenoxy) is 1. The Labute approximate surface area is 94.6 Å². The molecule has 0 amide bonds. The minimum absolute atomic E-state index is 0.0413. The molecule has 0 aliphatic rings. The Balaban J connectivity index is 3.04. The molecule has 88 valence electrons. The lowest BCUT2D eigenvalue weighted by molar-refractivity contribution is -0.384. The molecular weight excluding hydrogens is 208 g/mol. The number of nitro benzene ring substituents is 1. The van der Waals surface area contributed by atoms with Crippen LogP contribution in [0.3, 0.4) is 0 Å². The van der Waals surface area contributed by atoms with Gasteiger partial charge in [-0.05, 0) is 32.9 Å². The Hall–Kier alpha value is -1.78. The van der Waals surface area contributed by atoms with Crippen molar-refractivity contribution >= 4 is 11.4 Å². The number of hydrogen-bond acceptors (Lipinski definition) is 4. The fourth-order valence-electron chi connectivity index (χ4n) is 1.35. The van der Waals surface area contributed by atoms with Gasteiger partial charge in [0.1, 0.15) is 11.4 Å². The van der Waals surface area contributed by atoms with Gasteiger partial charge in [0.25, 0.3) is 5.69 Å². The molecule has 1 N–H and O–H groups in total. The molecule has 0 unspecified atom stereocenters. The lowest BCUT2D eigenvalue weighted by atomic mass is 10.2. The van der Waals surface area contributed by atoms with Crippen molar-refractivity contribution in [3.8, 4) is 5.75 Å². The smallest absolute Gasteiger partial charge is 0.296 e. The Kier molecular flexibility index (Phi) is 4.10. The second-order valence-electron chi connectivity index (χ2n) is 3.67. The van der Waals surface area contributed by atoms with E-state index in [2.05, 4.69) is 5.32 Å². The minimum Gasteiger partial charge on any atom is -0.494 e. The molecule has 0 saturated carbocycles. The summed E-state index contributed by atoms with van der Waals surface area (Å²) in [6.07, 6.45) is 0. The third-order valence-corrected chi connectivity index (χ3v) is 1.92. The van der Waals surface area contributed by atoms with Crippen LogP contribution in [0.15, 0.2) is 18.2 Å². The van der Waals surface area contributed by atoms with Crippen LogP contribution in [0.5, 0.6) is 5.75 Å². The summed E-state index contributed by atoms with van der Waals surface area (Å²) in [6, 6.07) is 4.98. The third-order valence-electron chi connectivity index (χ3n) is 1.92. The summed E-state index contributed by atoms with van der Waals surface area (Å²) in [7, 11) is 0. The Morgan fingerprint density at radius 2 is 2.19 bits per heavy atom. The molecule has 0 bridgehead atoms. The van der Waals surface area contributed by atoms with Gasteiger partial charge >= 0.3 is 0 Å². The van der Waals surface area contributed by atoms with Gasteiger partial charge in [-0.25, -0.2) is 0 Å². The quantitative estimate of drug-likeness (QED) is 0.617. The molecule has 1 aromatic carbocycles. The molecular formula is C11H16N2O3. The van der Waals surface area contributed by atoms with Crippen molar-refractivity contribution < 1.29 is 9.66 Å². The van der Waals surface area contributed by atoms with E-state index in [1.807, 2.05) is 20.8 Å². The van der Waals surface area contributed by atoms with E-state index in [0.717, 1.165) is 0 Å². The van der Waals surface area contributed by atoms with E-state index in [0.29, 0.717) is 18.0 Å². The van der Waals surface area contributed by atoms with Crippen LogP contribution in [-0.4, -0.2) is 17.6 Å². The van der Waals surface area contributed by atoms with Crippen LogP contribution in [0.4, 0.5) is 11.4 Å². The normalized spacial score (nSPS) is 10.2. The zero-order valence-corrected chi connectivity index (χ0v) is 9.69. The highest BCUT2D eigenvalue weighted by atomic mass is 16.6. The Bertz CT molecular complexity index is 377. The van der Waals surface area contributed by atoms with Crippen LogP contribution in [0.25, 0.3) is 0 Å². The second kappa shape index (κ2) is 5.34. The zero-order chi connectivity index (χ0) is 12.1. The van der Waals surface area contributed by atoms with Crippen molar-refractivity contribution in [3.05, 3.63) is 28.3 Å². The highest BCUT2D eigenvalue weighted by molar-refractivity contribution is 5.64. The van der Waals surface area contributed by atoms with E-state index in [1.165, 1.54) is 6.07 Å². The van der Waals surface area contributed by atoms with E-state index >= 15 is 0 Å². The summed E-state index contributed by atoms with van der Waals surface area (Å²) in [5.41, 5.74) is 0.558. The summed E-state index contributed by atoms with van der Waals surface area (Å²) < 4.78 is 5.22. The van der Waals surface area contributed by atoms with Gasteiger partial charge in [-0.3, -0.25) is 10.1 Å². The fourth-order valence-corrected chi connectivity index (χ4v) is 1.35. The number of hydrogen-bond donors (Lipinski definition) is 1. The molecule has 0 aromatic heterocycles. The standard InChI is InChI=1S/C11H16N2O3/c1-4-16-9-5-6-10(12-8(2)3)11(7-9)13(14)15/h5-8,12H,4H2,1-3H3. The molecule has 0 saturated heterocycles. The van der Waals surface area contributed by atoms with Crippen molar-refractivity contribution in [3.63, 3.8) is 0 Å². The van der Waals surface area contributed by atoms with Crippen LogP contribution >= 0.6 is 0 Å². The average Bonchev–Trinajstić information content (AvgIpc) is 2.19. The molecule has 0 aliphatic carbocycles. The maximum atomic E-state index is 10.9. The Morgan fingerprint density at radius 1 is 1.50 bits per heavy atom. The van der Waals surface area contributed by atoms with Gasteiger partial charge < -0.3 is 10.1 Å². The summed E-state index contributed by atoms with van der Waals surface area (Å²) in [5.74, 6) is 0.517. The molecule has 16 heavy (non-hydrogen) atoms. The number of benzene rings is 1. The SMILES string of the molecule is CCOc1ccc(NC(C)C)c([N+](=O)[O-])c1. The highest BCUT2D eigenvalue weighted by Gasteiger charge is 2.15. The van der Waals surface area contributed by atoms with Crippen molar-refractivity contribution in [2.45, 2.75) is 26.8 Å². The first-order chi connectivity index (χ1) is 7.54. The fraction of sp³-hybridized carbons (Fsp3) is 0.455. The molecule has 0 radical (unpaired) electrons. The number of rotatable bonds is 5.